The minimum absolute atomic E-state index is 0.0654. The van der Waals surface area contributed by atoms with E-state index in [0.717, 1.165) is 5.52 Å². The first kappa shape index (κ1) is 25.9. The van der Waals surface area contributed by atoms with Crippen LogP contribution in [0.3, 0.4) is 0 Å². The van der Waals surface area contributed by atoms with Crippen LogP contribution in [0.1, 0.15) is 10.4 Å². The summed E-state index contributed by atoms with van der Waals surface area (Å²) in [5, 5.41) is 6.93. The summed E-state index contributed by atoms with van der Waals surface area (Å²) >= 11 is 0. The Morgan fingerprint density at radius 3 is 2.59 bits per heavy atom. The Kier molecular flexibility index (Phi) is 6.78. The molecule has 39 heavy (non-hydrogen) atoms. The molecule has 14 heteroatoms. The number of rotatable bonds is 6. The lowest BCUT2D eigenvalue weighted by Gasteiger charge is -2.36. The molecule has 10 nitrogen and oxygen atoms in total. The summed E-state index contributed by atoms with van der Waals surface area (Å²) in [5.74, 6) is -3.32. The largest absolute Gasteiger partial charge is 0.495 e. The van der Waals surface area contributed by atoms with Gasteiger partial charge in [0.15, 0.2) is 0 Å². The van der Waals surface area contributed by atoms with Gasteiger partial charge in [0.1, 0.15) is 23.1 Å². The third kappa shape index (κ3) is 5.45. The Bertz CT molecular complexity index is 1550. The highest BCUT2D eigenvalue weighted by molar-refractivity contribution is 5.96. The van der Waals surface area contributed by atoms with Gasteiger partial charge in [-0.1, -0.05) is 0 Å². The lowest BCUT2D eigenvalue weighted by Crippen LogP contribution is -2.59. The Hall–Kier alpha value is -4.72. The summed E-state index contributed by atoms with van der Waals surface area (Å²) in [6.07, 6.45) is -2.29. The second-order valence-electron chi connectivity index (χ2n) is 8.56. The van der Waals surface area contributed by atoms with Crippen LogP contribution in [0.25, 0.3) is 22.3 Å². The summed E-state index contributed by atoms with van der Waals surface area (Å²) in [7, 11) is 1.35. The van der Waals surface area contributed by atoms with Gasteiger partial charge in [-0.2, -0.15) is 18.2 Å². The van der Waals surface area contributed by atoms with Crippen molar-refractivity contribution in [2.24, 2.45) is 0 Å². The number of amides is 1. The van der Waals surface area contributed by atoms with Crippen molar-refractivity contribution >= 4 is 34.3 Å². The molecule has 1 amide bonds. The van der Waals surface area contributed by atoms with E-state index in [0.29, 0.717) is 33.3 Å². The molecule has 1 aliphatic heterocycles. The number of fused-ring (bicyclic) bond motifs is 1. The van der Waals surface area contributed by atoms with E-state index >= 15 is 0 Å². The second-order valence-corrected chi connectivity index (χ2v) is 8.56. The van der Waals surface area contributed by atoms with Gasteiger partial charge < -0.3 is 25.2 Å². The number of H-pyrrole nitrogens is 1. The molecule has 0 saturated carbocycles. The first-order chi connectivity index (χ1) is 18.6. The molecule has 0 unspecified atom stereocenters. The van der Waals surface area contributed by atoms with Gasteiger partial charge >= 0.3 is 12.1 Å². The number of nitrogens with one attached hydrogen (secondary N) is 3. The third-order valence-electron chi connectivity index (χ3n) is 5.91. The predicted octanol–water partition coefficient (Wildman–Crippen LogP) is 3.95. The van der Waals surface area contributed by atoms with Crippen LogP contribution in [-0.2, 0) is 9.63 Å². The van der Waals surface area contributed by atoms with E-state index in [1.807, 2.05) is 0 Å². The van der Waals surface area contributed by atoms with Crippen molar-refractivity contribution in [3.05, 3.63) is 66.2 Å². The van der Waals surface area contributed by atoms with Crippen molar-refractivity contribution in [3.8, 4) is 17.1 Å². The fourth-order valence-corrected chi connectivity index (χ4v) is 3.85. The molecule has 1 saturated heterocycles. The van der Waals surface area contributed by atoms with E-state index in [9.17, 15) is 27.2 Å². The lowest BCUT2D eigenvalue weighted by atomic mass is 10.1. The number of hydroxylamine groups is 2. The summed E-state index contributed by atoms with van der Waals surface area (Å²) < 4.78 is 57.2. The number of halogens is 4. The van der Waals surface area contributed by atoms with Gasteiger partial charge in [0.05, 0.1) is 36.9 Å². The maximum absolute atomic E-state index is 13.6. The number of carbonyl (C=O) groups is 2. The number of hydrogen-bond donors (Lipinski definition) is 3. The number of hydrogen-bond acceptors (Lipinski definition) is 8. The summed E-state index contributed by atoms with van der Waals surface area (Å²) in [6, 6.07) is 9.44. The number of benzene rings is 2. The van der Waals surface area contributed by atoms with Crippen molar-refractivity contribution < 1.29 is 36.7 Å². The molecule has 0 bridgehead atoms. The molecule has 0 aliphatic carbocycles. The fraction of sp³-hybridized carbons (Fsp3) is 0.200. The Morgan fingerprint density at radius 2 is 1.90 bits per heavy atom. The average Bonchev–Trinajstić information content (AvgIpc) is 3.30. The Balaban J connectivity index is 1.37. The predicted molar refractivity (Wildman–Crippen MR) is 131 cm³/mol. The maximum Gasteiger partial charge on any atom is 0.493 e. The van der Waals surface area contributed by atoms with Crippen LogP contribution in [0, 0.1) is 5.82 Å². The molecule has 5 rings (SSSR count). The zero-order valence-corrected chi connectivity index (χ0v) is 20.2. The molecule has 0 atom stereocenters. The van der Waals surface area contributed by atoms with E-state index < -0.39 is 24.1 Å². The fourth-order valence-electron chi connectivity index (χ4n) is 3.85. The number of ether oxygens (including phenoxy) is 1. The minimum atomic E-state index is -5.26. The zero-order chi connectivity index (χ0) is 27.7. The molecular weight excluding hydrogens is 524 g/mol. The van der Waals surface area contributed by atoms with Gasteiger partial charge in [-0.25, -0.2) is 14.2 Å². The molecule has 4 aromatic rings. The van der Waals surface area contributed by atoms with Gasteiger partial charge in [-0.05, 0) is 42.5 Å². The molecule has 3 heterocycles. The van der Waals surface area contributed by atoms with E-state index in [4.69, 9.17) is 4.74 Å². The van der Waals surface area contributed by atoms with E-state index in [1.54, 1.807) is 12.1 Å². The molecule has 0 spiro atoms. The molecular formula is C25H20F4N6O4. The van der Waals surface area contributed by atoms with Crippen molar-refractivity contribution in [2.45, 2.75) is 12.2 Å². The number of alkyl halides is 3. The number of nitrogens with zero attached hydrogens (tertiary/aromatic N) is 3. The number of aromatic amines is 1. The van der Waals surface area contributed by atoms with Crippen molar-refractivity contribution in [2.75, 3.05) is 25.5 Å². The summed E-state index contributed by atoms with van der Waals surface area (Å²) in [5.41, 5.74) is 2.12. The smallest absolute Gasteiger partial charge is 0.493 e. The second kappa shape index (κ2) is 10.2. The van der Waals surface area contributed by atoms with E-state index in [-0.39, 0.29) is 30.2 Å². The molecule has 0 radical (unpaired) electrons. The lowest BCUT2D eigenvalue weighted by molar-refractivity contribution is -0.236. The minimum Gasteiger partial charge on any atom is -0.495 e. The standard InChI is InChI=1S/C25H20F4N6O4/c1-38-21-8-13(23(36)35(16-9-30-10-16)39-24(37)25(27,28)29)2-4-18(21)33-22-12-31-11-20(34-22)19-7-14-6-15(26)3-5-17(14)32-19/h2-8,11-12,16,30,32H,9-10H2,1H3,(H,33,34). The number of methoxy groups -OCH3 is 1. The zero-order valence-electron chi connectivity index (χ0n) is 20.2. The van der Waals surface area contributed by atoms with Crippen molar-refractivity contribution in [3.63, 3.8) is 0 Å². The summed E-state index contributed by atoms with van der Waals surface area (Å²) in [4.78, 5) is 40.7. The van der Waals surface area contributed by atoms with Crippen LogP contribution in [-0.4, -0.2) is 64.3 Å². The van der Waals surface area contributed by atoms with E-state index in [1.165, 1.54) is 49.8 Å². The van der Waals surface area contributed by atoms with Gasteiger partial charge in [0.2, 0.25) is 0 Å². The van der Waals surface area contributed by atoms with Crippen LogP contribution in [0.4, 0.5) is 29.1 Å². The van der Waals surface area contributed by atoms with Crippen LogP contribution >= 0.6 is 0 Å². The average molecular weight is 544 g/mol. The highest BCUT2D eigenvalue weighted by Crippen LogP contribution is 2.31. The highest BCUT2D eigenvalue weighted by atomic mass is 19.4. The molecule has 2 aromatic carbocycles. The number of anilines is 2. The normalized spacial score (nSPS) is 13.6. The van der Waals surface area contributed by atoms with Gasteiger partial charge in [0.25, 0.3) is 5.91 Å². The van der Waals surface area contributed by atoms with Gasteiger partial charge in [0, 0.05) is 29.6 Å². The summed E-state index contributed by atoms with van der Waals surface area (Å²) in [6.45, 7) is 0.321. The van der Waals surface area contributed by atoms with Crippen LogP contribution in [0.2, 0.25) is 0 Å². The molecule has 1 fully saturated rings. The first-order valence-corrected chi connectivity index (χ1v) is 11.5. The molecule has 2 aromatic heterocycles. The highest BCUT2D eigenvalue weighted by Gasteiger charge is 2.45. The van der Waals surface area contributed by atoms with E-state index in [2.05, 4.69) is 30.4 Å². The third-order valence-corrected chi connectivity index (χ3v) is 5.91. The van der Waals surface area contributed by atoms with Crippen molar-refractivity contribution in [1.29, 1.82) is 0 Å². The van der Waals surface area contributed by atoms with Gasteiger partial charge in [-0.3, -0.25) is 9.78 Å². The first-order valence-electron chi connectivity index (χ1n) is 11.5. The van der Waals surface area contributed by atoms with Crippen molar-refractivity contribution in [1.82, 2.24) is 25.3 Å². The molecule has 202 valence electrons. The monoisotopic (exact) mass is 544 g/mol. The Morgan fingerprint density at radius 1 is 1.10 bits per heavy atom. The van der Waals surface area contributed by atoms with Crippen LogP contribution in [0.15, 0.2) is 54.9 Å². The van der Waals surface area contributed by atoms with Crippen LogP contribution in [0.5, 0.6) is 5.75 Å². The Labute approximate surface area is 217 Å². The number of aromatic nitrogens is 3. The SMILES string of the molecule is COc1cc(C(=O)N(OC(=O)C(F)(F)F)C2CNC2)ccc1Nc1cncc(-c2cc3cc(F)ccc3[nH]2)n1. The molecule has 1 aliphatic rings. The van der Waals surface area contributed by atoms with Crippen LogP contribution < -0.4 is 15.4 Å². The topological polar surface area (TPSA) is 121 Å². The van der Waals surface area contributed by atoms with Gasteiger partial charge in [-0.15, -0.1) is 0 Å². The molecule has 3 N–H and O–H groups in total. The number of carbonyl (C=O) groups excluding carboxylic acids is 2. The maximum atomic E-state index is 13.6. The quantitative estimate of drug-likeness (QED) is 0.247.